The van der Waals surface area contributed by atoms with Gasteiger partial charge in [-0.05, 0) is 40.2 Å². The lowest BCUT2D eigenvalue weighted by atomic mass is 10.1. The van der Waals surface area contributed by atoms with Gasteiger partial charge in [0.15, 0.2) is 0 Å². The first-order chi connectivity index (χ1) is 13.0. The third kappa shape index (κ3) is 3.62. The Kier molecular flexibility index (Phi) is 4.73. The number of likely N-dealkylation sites (tertiary alicyclic amines) is 1. The van der Waals surface area contributed by atoms with E-state index in [9.17, 15) is 13.6 Å². The summed E-state index contributed by atoms with van der Waals surface area (Å²) in [5.74, 6) is -0.397. The van der Waals surface area contributed by atoms with Crippen LogP contribution in [-0.2, 0) is 11.3 Å². The quantitative estimate of drug-likeness (QED) is 0.615. The van der Waals surface area contributed by atoms with Crippen molar-refractivity contribution in [3.8, 4) is 11.4 Å². The highest BCUT2D eigenvalue weighted by atomic mass is 79.9. The first kappa shape index (κ1) is 17.8. The van der Waals surface area contributed by atoms with Crippen molar-refractivity contribution in [2.75, 3.05) is 6.54 Å². The van der Waals surface area contributed by atoms with Gasteiger partial charge in [0.05, 0.1) is 10.4 Å². The Balaban J connectivity index is 1.50. The lowest BCUT2D eigenvalue weighted by Gasteiger charge is -2.16. The number of hydrogen-bond donors (Lipinski definition) is 0. The van der Waals surface area contributed by atoms with E-state index in [4.69, 9.17) is 4.52 Å². The fourth-order valence-electron chi connectivity index (χ4n) is 3.08. The van der Waals surface area contributed by atoms with Gasteiger partial charge in [0.25, 0.3) is 0 Å². The summed E-state index contributed by atoms with van der Waals surface area (Å²) in [7, 11) is 0. The summed E-state index contributed by atoms with van der Waals surface area (Å²) >= 11 is 3.13. The van der Waals surface area contributed by atoms with Crippen molar-refractivity contribution in [3.05, 3.63) is 70.0 Å². The van der Waals surface area contributed by atoms with Crippen molar-refractivity contribution in [2.24, 2.45) is 0 Å². The molecule has 0 spiro atoms. The van der Waals surface area contributed by atoms with Crippen molar-refractivity contribution in [3.63, 3.8) is 0 Å². The van der Waals surface area contributed by atoms with Crippen molar-refractivity contribution >= 4 is 21.8 Å². The number of carbonyl (C=O) groups excluding carboxylic acids is 1. The van der Waals surface area contributed by atoms with Gasteiger partial charge in [-0.3, -0.25) is 4.79 Å². The molecule has 0 aliphatic carbocycles. The predicted molar refractivity (Wildman–Crippen MR) is 96.6 cm³/mol. The van der Waals surface area contributed by atoms with E-state index < -0.39 is 0 Å². The molecule has 5 nitrogen and oxygen atoms in total. The standard InChI is InChI=1S/C19H14BrF2N3O2/c20-14-7-11(5-6-16(14)22)18-23-19(27-24-18)13-8-17(26)25(10-13)9-12-3-1-2-4-15(12)21/h1-7,13H,8-10H2. The molecule has 1 amide bonds. The Bertz CT molecular complexity index is 1010. The number of nitrogens with zero attached hydrogens (tertiary/aromatic N) is 3. The molecule has 8 heteroatoms. The number of carbonyl (C=O) groups is 1. The van der Waals surface area contributed by atoms with Gasteiger partial charge in [-0.15, -0.1) is 0 Å². The van der Waals surface area contributed by atoms with E-state index in [0.29, 0.717) is 33.9 Å². The predicted octanol–water partition coefficient (Wildman–Crippen LogP) is 4.29. The Morgan fingerprint density at radius 2 is 2.00 bits per heavy atom. The number of benzene rings is 2. The summed E-state index contributed by atoms with van der Waals surface area (Å²) in [4.78, 5) is 18.2. The van der Waals surface area contributed by atoms with Gasteiger partial charge in [-0.2, -0.15) is 4.98 Å². The maximum absolute atomic E-state index is 13.8. The molecule has 1 atom stereocenters. The molecule has 1 aliphatic rings. The van der Waals surface area contributed by atoms with Crippen LogP contribution in [0.2, 0.25) is 0 Å². The summed E-state index contributed by atoms with van der Waals surface area (Å²) in [5.41, 5.74) is 1.07. The van der Waals surface area contributed by atoms with Crippen LogP contribution >= 0.6 is 15.9 Å². The van der Waals surface area contributed by atoms with Crippen molar-refractivity contribution < 1.29 is 18.1 Å². The molecule has 0 saturated carbocycles. The van der Waals surface area contributed by atoms with E-state index in [2.05, 4.69) is 26.1 Å². The molecule has 27 heavy (non-hydrogen) atoms. The molecule has 0 N–H and O–H groups in total. The smallest absolute Gasteiger partial charge is 0.232 e. The largest absolute Gasteiger partial charge is 0.339 e. The molecule has 138 valence electrons. The Morgan fingerprint density at radius 1 is 1.19 bits per heavy atom. The fourth-order valence-corrected chi connectivity index (χ4v) is 3.45. The van der Waals surface area contributed by atoms with Crippen LogP contribution < -0.4 is 0 Å². The Labute approximate surface area is 162 Å². The van der Waals surface area contributed by atoms with Crippen LogP contribution in [0.3, 0.4) is 0 Å². The summed E-state index contributed by atoms with van der Waals surface area (Å²) in [6.45, 7) is 0.579. The van der Waals surface area contributed by atoms with Crippen LogP contribution in [0.25, 0.3) is 11.4 Å². The number of aromatic nitrogens is 2. The SMILES string of the molecule is O=C1CC(c2nc(-c3ccc(F)c(Br)c3)no2)CN1Cc1ccccc1F. The lowest BCUT2D eigenvalue weighted by molar-refractivity contribution is -0.128. The van der Waals surface area contributed by atoms with Gasteiger partial charge < -0.3 is 9.42 Å². The number of amides is 1. The Hall–Kier alpha value is -2.61. The minimum Gasteiger partial charge on any atom is -0.339 e. The molecule has 2 aromatic carbocycles. The second-order valence-electron chi connectivity index (χ2n) is 6.35. The second kappa shape index (κ2) is 7.19. The van der Waals surface area contributed by atoms with Crippen molar-refractivity contribution in [2.45, 2.75) is 18.9 Å². The van der Waals surface area contributed by atoms with Gasteiger partial charge in [0.2, 0.25) is 17.6 Å². The van der Waals surface area contributed by atoms with Gasteiger partial charge in [0, 0.05) is 30.6 Å². The van der Waals surface area contributed by atoms with Crippen LogP contribution in [-0.4, -0.2) is 27.5 Å². The molecular weight excluding hydrogens is 420 g/mol. The average molecular weight is 434 g/mol. The molecule has 4 rings (SSSR count). The van der Waals surface area contributed by atoms with Gasteiger partial charge in [-0.25, -0.2) is 8.78 Å². The van der Waals surface area contributed by atoms with Crippen LogP contribution in [0.5, 0.6) is 0 Å². The molecule has 1 unspecified atom stereocenters. The normalized spacial score (nSPS) is 16.9. The first-order valence-corrected chi connectivity index (χ1v) is 9.11. The molecule has 2 heterocycles. The van der Waals surface area contributed by atoms with Crippen LogP contribution in [0, 0.1) is 11.6 Å². The minimum absolute atomic E-state index is 0.0903. The number of halogens is 3. The molecule has 3 aromatic rings. The third-order valence-electron chi connectivity index (χ3n) is 4.50. The maximum Gasteiger partial charge on any atom is 0.232 e. The van der Waals surface area contributed by atoms with E-state index >= 15 is 0 Å². The van der Waals surface area contributed by atoms with Crippen LogP contribution in [0.15, 0.2) is 51.5 Å². The molecule has 1 fully saturated rings. The average Bonchev–Trinajstić information content (AvgIpc) is 3.27. The summed E-state index contributed by atoms with van der Waals surface area (Å²) in [6, 6.07) is 10.8. The van der Waals surface area contributed by atoms with E-state index in [1.807, 2.05) is 0 Å². The zero-order valence-electron chi connectivity index (χ0n) is 14.0. The summed E-state index contributed by atoms with van der Waals surface area (Å²) in [5, 5.41) is 3.93. The fraction of sp³-hybridized carbons (Fsp3) is 0.211. The highest BCUT2D eigenvalue weighted by Crippen LogP contribution is 2.30. The van der Waals surface area contributed by atoms with Gasteiger partial charge in [-0.1, -0.05) is 23.4 Å². The molecule has 1 saturated heterocycles. The van der Waals surface area contributed by atoms with E-state index in [-0.39, 0.29) is 36.4 Å². The van der Waals surface area contributed by atoms with Crippen LogP contribution in [0.1, 0.15) is 23.8 Å². The first-order valence-electron chi connectivity index (χ1n) is 8.31. The Morgan fingerprint density at radius 3 is 2.78 bits per heavy atom. The van der Waals surface area contributed by atoms with E-state index in [1.54, 1.807) is 35.2 Å². The highest BCUT2D eigenvalue weighted by molar-refractivity contribution is 9.10. The molecule has 1 aliphatic heterocycles. The topological polar surface area (TPSA) is 59.2 Å². The molecule has 1 aromatic heterocycles. The maximum atomic E-state index is 13.8. The number of hydrogen-bond acceptors (Lipinski definition) is 4. The minimum atomic E-state index is -0.382. The van der Waals surface area contributed by atoms with Gasteiger partial charge >= 0.3 is 0 Å². The second-order valence-corrected chi connectivity index (χ2v) is 7.21. The van der Waals surface area contributed by atoms with Crippen LogP contribution in [0.4, 0.5) is 8.78 Å². The molecule has 0 radical (unpaired) electrons. The van der Waals surface area contributed by atoms with E-state index in [1.165, 1.54) is 12.1 Å². The van der Waals surface area contributed by atoms with Crippen molar-refractivity contribution in [1.29, 1.82) is 0 Å². The van der Waals surface area contributed by atoms with E-state index in [0.717, 1.165) is 0 Å². The summed E-state index contributed by atoms with van der Waals surface area (Å²) in [6.07, 6.45) is 0.225. The number of rotatable bonds is 4. The zero-order valence-corrected chi connectivity index (χ0v) is 15.6. The lowest BCUT2D eigenvalue weighted by Crippen LogP contribution is -2.24. The van der Waals surface area contributed by atoms with Gasteiger partial charge in [0.1, 0.15) is 11.6 Å². The molecular formula is C19H14BrF2N3O2. The van der Waals surface area contributed by atoms with Crippen molar-refractivity contribution in [1.82, 2.24) is 15.0 Å². The highest BCUT2D eigenvalue weighted by Gasteiger charge is 2.34. The monoisotopic (exact) mass is 433 g/mol. The summed E-state index contributed by atoms with van der Waals surface area (Å²) < 4.78 is 32.8. The zero-order chi connectivity index (χ0) is 19.0. The third-order valence-corrected chi connectivity index (χ3v) is 5.11. The molecule has 0 bridgehead atoms.